The molecule has 0 bridgehead atoms. The zero-order valence-electron chi connectivity index (χ0n) is 12.2. The average Bonchev–Trinajstić information content (AvgIpc) is 2.84. The summed E-state index contributed by atoms with van der Waals surface area (Å²) in [6.07, 6.45) is -2.52. The van der Waals surface area contributed by atoms with Crippen LogP contribution >= 0.6 is 0 Å². The molecule has 4 unspecified atom stereocenters. The zero-order chi connectivity index (χ0) is 16.5. The molecule has 22 heavy (non-hydrogen) atoms. The summed E-state index contributed by atoms with van der Waals surface area (Å²) in [7, 11) is 1.01. The third-order valence-electron chi connectivity index (χ3n) is 5.00. The van der Waals surface area contributed by atoms with Gasteiger partial charge in [0.1, 0.15) is 5.54 Å². The van der Waals surface area contributed by atoms with Gasteiger partial charge >= 0.3 is 12.1 Å². The summed E-state index contributed by atoms with van der Waals surface area (Å²) in [4.78, 5) is 12.9. The van der Waals surface area contributed by atoms with Gasteiger partial charge in [-0.15, -0.1) is 0 Å². The SMILES string of the molecule is NC1(C(=O)O)CC2CN(CC(F)(F)F)CC2C1CCC[B]O. The van der Waals surface area contributed by atoms with Crippen molar-refractivity contribution >= 4 is 13.5 Å². The van der Waals surface area contributed by atoms with Crippen molar-refractivity contribution in [3.05, 3.63) is 0 Å². The minimum absolute atomic E-state index is 0.105. The van der Waals surface area contributed by atoms with E-state index in [1.165, 1.54) is 4.90 Å². The predicted octanol–water partition coefficient (Wildman–Crippen LogP) is 0.709. The third kappa shape index (κ3) is 3.57. The highest BCUT2D eigenvalue weighted by Gasteiger charge is 2.58. The summed E-state index contributed by atoms with van der Waals surface area (Å²) in [5.74, 6) is -1.66. The van der Waals surface area contributed by atoms with Crippen LogP contribution in [0.4, 0.5) is 13.2 Å². The number of alkyl halides is 3. The van der Waals surface area contributed by atoms with Crippen LogP contribution in [0.5, 0.6) is 0 Å². The molecule has 1 aliphatic carbocycles. The monoisotopic (exact) mass is 321 g/mol. The van der Waals surface area contributed by atoms with Crippen LogP contribution in [0.15, 0.2) is 0 Å². The van der Waals surface area contributed by atoms with E-state index in [1.807, 2.05) is 0 Å². The van der Waals surface area contributed by atoms with Crippen LogP contribution in [0.25, 0.3) is 0 Å². The highest BCUT2D eigenvalue weighted by molar-refractivity contribution is 6.25. The quantitative estimate of drug-likeness (QED) is 0.495. The Kier molecular flexibility index (Phi) is 5.08. The predicted molar refractivity (Wildman–Crippen MR) is 74.2 cm³/mol. The Morgan fingerprint density at radius 1 is 1.41 bits per heavy atom. The van der Waals surface area contributed by atoms with E-state index in [4.69, 9.17) is 10.8 Å². The second-order valence-electron chi connectivity index (χ2n) is 6.50. The van der Waals surface area contributed by atoms with Crippen molar-refractivity contribution in [2.24, 2.45) is 23.5 Å². The largest absolute Gasteiger partial charge is 0.480 e. The number of likely N-dealkylation sites (tertiary alicyclic amines) is 1. The molecule has 0 aromatic rings. The average molecular weight is 321 g/mol. The summed E-state index contributed by atoms with van der Waals surface area (Å²) in [5, 5.41) is 18.2. The fourth-order valence-electron chi connectivity index (χ4n) is 4.16. The Morgan fingerprint density at radius 3 is 2.64 bits per heavy atom. The summed E-state index contributed by atoms with van der Waals surface area (Å²) < 4.78 is 37.6. The van der Waals surface area contributed by atoms with Crippen molar-refractivity contribution in [2.45, 2.75) is 37.3 Å². The lowest BCUT2D eigenvalue weighted by Crippen LogP contribution is -2.53. The molecule has 125 valence electrons. The van der Waals surface area contributed by atoms with Gasteiger partial charge < -0.3 is 15.9 Å². The van der Waals surface area contributed by atoms with E-state index in [2.05, 4.69) is 0 Å². The molecule has 9 heteroatoms. The van der Waals surface area contributed by atoms with Crippen molar-refractivity contribution in [1.82, 2.24) is 4.90 Å². The number of nitrogens with two attached hydrogens (primary N) is 1. The number of halogens is 3. The number of fused-ring (bicyclic) bond motifs is 1. The fourth-order valence-corrected chi connectivity index (χ4v) is 4.16. The van der Waals surface area contributed by atoms with Crippen molar-refractivity contribution in [3.8, 4) is 0 Å². The second-order valence-corrected chi connectivity index (χ2v) is 6.50. The van der Waals surface area contributed by atoms with Crippen LogP contribution < -0.4 is 5.73 Å². The minimum atomic E-state index is -4.24. The lowest BCUT2D eigenvalue weighted by Gasteiger charge is -2.31. The van der Waals surface area contributed by atoms with Gasteiger partial charge in [-0.05, 0) is 30.6 Å². The van der Waals surface area contributed by atoms with Gasteiger partial charge in [0.15, 0.2) is 0 Å². The standard InChI is InChI=1S/C13H21BF3N2O3/c15-13(16,17)7-19-5-8-4-12(18,11(20)21)10(9(8)6-19)2-1-3-14-22/h8-10,22H,1-7,18H2,(H,20,21). The molecule has 1 aliphatic heterocycles. The van der Waals surface area contributed by atoms with Gasteiger partial charge in [-0.1, -0.05) is 12.7 Å². The van der Waals surface area contributed by atoms with Gasteiger partial charge in [0, 0.05) is 13.1 Å². The van der Waals surface area contributed by atoms with Crippen LogP contribution in [0, 0.1) is 17.8 Å². The van der Waals surface area contributed by atoms with Gasteiger partial charge in [-0.3, -0.25) is 9.69 Å². The molecule has 2 aliphatic rings. The minimum Gasteiger partial charge on any atom is -0.480 e. The van der Waals surface area contributed by atoms with E-state index in [9.17, 15) is 23.1 Å². The first-order chi connectivity index (χ1) is 10.2. The van der Waals surface area contributed by atoms with E-state index in [0.717, 1.165) is 7.48 Å². The summed E-state index contributed by atoms with van der Waals surface area (Å²) in [6.45, 7) is -0.468. The van der Waals surface area contributed by atoms with Crippen molar-refractivity contribution < 1.29 is 28.1 Å². The molecule has 0 spiro atoms. The van der Waals surface area contributed by atoms with E-state index in [1.54, 1.807) is 0 Å². The first-order valence-corrected chi connectivity index (χ1v) is 7.44. The van der Waals surface area contributed by atoms with Crippen LogP contribution in [0.2, 0.25) is 6.32 Å². The molecule has 1 saturated heterocycles. The fraction of sp³-hybridized carbons (Fsp3) is 0.923. The molecule has 4 N–H and O–H groups in total. The molecular weight excluding hydrogens is 300 g/mol. The Morgan fingerprint density at radius 2 is 2.09 bits per heavy atom. The number of aliphatic carboxylic acids is 1. The Balaban J connectivity index is 2.07. The van der Waals surface area contributed by atoms with Gasteiger partial charge in [0.25, 0.3) is 7.48 Å². The number of carboxylic acid groups (broad SMARTS) is 1. The molecule has 1 radical (unpaired) electrons. The van der Waals surface area contributed by atoms with Crippen LogP contribution in [-0.4, -0.2) is 59.8 Å². The molecule has 0 amide bonds. The summed E-state index contributed by atoms with van der Waals surface area (Å²) in [6, 6.07) is 0. The number of carboxylic acids is 1. The van der Waals surface area contributed by atoms with Gasteiger partial charge in [-0.2, -0.15) is 13.2 Å². The highest BCUT2D eigenvalue weighted by Crippen LogP contribution is 2.49. The second kappa shape index (κ2) is 6.37. The molecule has 0 aromatic heterocycles. The molecule has 1 heterocycles. The Bertz CT molecular complexity index is 424. The summed E-state index contributed by atoms with van der Waals surface area (Å²) >= 11 is 0. The van der Waals surface area contributed by atoms with Crippen molar-refractivity contribution in [3.63, 3.8) is 0 Å². The zero-order valence-corrected chi connectivity index (χ0v) is 12.2. The molecule has 5 nitrogen and oxygen atoms in total. The van der Waals surface area contributed by atoms with Crippen LogP contribution in [0.1, 0.15) is 19.3 Å². The maximum Gasteiger partial charge on any atom is 0.401 e. The van der Waals surface area contributed by atoms with E-state index in [0.29, 0.717) is 19.2 Å². The lowest BCUT2D eigenvalue weighted by molar-refractivity contribution is -0.148. The molecule has 1 saturated carbocycles. The van der Waals surface area contributed by atoms with E-state index < -0.39 is 24.2 Å². The normalized spacial score (nSPS) is 35.6. The van der Waals surface area contributed by atoms with Crippen LogP contribution in [0.3, 0.4) is 0 Å². The maximum absolute atomic E-state index is 12.5. The summed E-state index contributed by atoms with van der Waals surface area (Å²) in [5.41, 5.74) is 4.71. The highest BCUT2D eigenvalue weighted by atomic mass is 19.4. The van der Waals surface area contributed by atoms with E-state index >= 15 is 0 Å². The van der Waals surface area contributed by atoms with E-state index in [-0.39, 0.29) is 37.3 Å². The first kappa shape index (κ1) is 17.6. The van der Waals surface area contributed by atoms with Crippen molar-refractivity contribution in [2.75, 3.05) is 19.6 Å². The Hall–Kier alpha value is -0.795. The van der Waals surface area contributed by atoms with Gasteiger partial charge in [-0.25, -0.2) is 0 Å². The van der Waals surface area contributed by atoms with Gasteiger partial charge in [0.05, 0.1) is 6.54 Å². The topological polar surface area (TPSA) is 86.8 Å². The number of rotatable bonds is 6. The van der Waals surface area contributed by atoms with Crippen LogP contribution in [-0.2, 0) is 4.79 Å². The first-order valence-electron chi connectivity index (χ1n) is 7.44. The van der Waals surface area contributed by atoms with Crippen molar-refractivity contribution in [1.29, 1.82) is 0 Å². The maximum atomic E-state index is 12.5. The lowest BCUT2D eigenvalue weighted by atomic mass is 9.78. The molecular formula is C13H21BF3N2O3. The number of carbonyl (C=O) groups is 1. The molecule has 0 aromatic carbocycles. The molecule has 4 atom stereocenters. The molecule has 2 rings (SSSR count). The van der Waals surface area contributed by atoms with Gasteiger partial charge in [0.2, 0.25) is 0 Å². The molecule has 2 fully saturated rings. The number of nitrogens with zero attached hydrogens (tertiary/aromatic N) is 1. The Labute approximate surface area is 127 Å². The smallest absolute Gasteiger partial charge is 0.401 e. The number of hydrogen-bond acceptors (Lipinski definition) is 4. The third-order valence-corrected chi connectivity index (χ3v) is 5.00. The number of hydrogen-bond donors (Lipinski definition) is 3.